The SMILES string of the molecule is O=C(O)c1[nH]c(-c2ccccc2)c2cc(F)ccc12. The summed E-state index contributed by atoms with van der Waals surface area (Å²) in [6, 6.07) is 13.4. The van der Waals surface area contributed by atoms with Gasteiger partial charge in [0.05, 0.1) is 5.69 Å². The van der Waals surface area contributed by atoms with Crippen LogP contribution in [-0.2, 0) is 0 Å². The largest absolute Gasteiger partial charge is 0.477 e. The Hall–Kier alpha value is -2.62. The smallest absolute Gasteiger partial charge is 0.352 e. The summed E-state index contributed by atoms with van der Waals surface area (Å²) in [5, 5.41) is 10.3. The van der Waals surface area contributed by atoms with Gasteiger partial charge >= 0.3 is 5.97 Å². The van der Waals surface area contributed by atoms with E-state index in [4.69, 9.17) is 0 Å². The zero-order valence-corrected chi connectivity index (χ0v) is 9.85. The lowest BCUT2D eigenvalue weighted by Crippen LogP contribution is -1.96. The number of nitrogens with one attached hydrogen (secondary N) is 1. The minimum atomic E-state index is -1.06. The number of carboxylic acids is 1. The van der Waals surface area contributed by atoms with Crippen LogP contribution in [0, 0.1) is 5.82 Å². The van der Waals surface area contributed by atoms with Crippen molar-refractivity contribution >= 4 is 16.7 Å². The Kier molecular flexibility index (Phi) is 2.56. The third kappa shape index (κ3) is 1.87. The van der Waals surface area contributed by atoms with Crippen LogP contribution in [0.2, 0.25) is 0 Å². The van der Waals surface area contributed by atoms with Crippen LogP contribution >= 0.6 is 0 Å². The molecule has 94 valence electrons. The Morgan fingerprint density at radius 1 is 1.05 bits per heavy atom. The van der Waals surface area contributed by atoms with Gasteiger partial charge in [0.1, 0.15) is 11.5 Å². The number of halogens is 1. The van der Waals surface area contributed by atoms with Gasteiger partial charge in [-0.25, -0.2) is 9.18 Å². The maximum atomic E-state index is 13.4. The highest BCUT2D eigenvalue weighted by molar-refractivity contribution is 6.08. The molecule has 2 aromatic carbocycles. The lowest BCUT2D eigenvalue weighted by atomic mass is 10.1. The van der Waals surface area contributed by atoms with Crippen molar-refractivity contribution < 1.29 is 14.3 Å². The quantitative estimate of drug-likeness (QED) is 0.734. The Morgan fingerprint density at radius 2 is 1.79 bits per heavy atom. The van der Waals surface area contributed by atoms with Crippen LogP contribution in [0.25, 0.3) is 22.0 Å². The molecule has 0 atom stereocenters. The van der Waals surface area contributed by atoms with E-state index >= 15 is 0 Å². The van der Waals surface area contributed by atoms with E-state index in [1.165, 1.54) is 18.2 Å². The van der Waals surface area contributed by atoms with Crippen LogP contribution in [0.5, 0.6) is 0 Å². The Bertz CT molecular complexity index is 762. The van der Waals surface area contributed by atoms with E-state index in [9.17, 15) is 14.3 Å². The summed E-state index contributed by atoms with van der Waals surface area (Å²) in [4.78, 5) is 14.1. The zero-order chi connectivity index (χ0) is 13.4. The third-order valence-corrected chi connectivity index (χ3v) is 3.05. The van der Waals surface area contributed by atoms with E-state index in [1.54, 1.807) is 0 Å². The van der Waals surface area contributed by atoms with Crippen molar-refractivity contribution in [3.05, 3.63) is 60.0 Å². The third-order valence-electron chi connectivity index (χ3n) is 3.05. The van der Waals surface area contributed by atoms with Crippen LogP contribution < -0.4 is 0 Å². The summed E-state index contributed by atoms with van der Waals surface area (Å²) in [6.45, 7) is 0. The molecule has 0 spiro atoms. The van der Waals surface area contributed by atoms with E-state index in [0.29, 0.717) is 16.5 Å². The number of benzene rings is 2. The molecule has 3 aromatic rings. The highest BCUT2D eigenvalue weighted by Crippen LogP contribution is 2.31. The van der Waals surface area contributed by atoms with Crippen LogP contribution in [-0.4, -0.2) is 16.1 Å². The van der Waals surface area contributed by atoms with E-state index in [2.05, 4.69) is 4.98 Å². The number of hydrogen-bond acceptors (Lipinski definition) is 1. The van der Waals surface area contributed by atoms with Gasteiger partial charge in [0.25, 0.3) is 0 Å². The van der Waals surface area contributed by atoms with Crippen LogP contribution in [0.4, 0.5) is 4.39 Å². The maximum absolute atomic E-state index is 13.4. The number of aromatic carboxylic acids is 1. The molecule has 4 heteroatoms. The van der Waals surface area contributed by atoms with Crippen molar-refractivity contribution in [2.24, 2.45) is 0 Å². The predicted molar refractivity (Wildman–Crippen MR) is 70.7 cm³/mol. The van der Waals surface area contributed by atoms with Gasteiger partial charge in [0.15, 0.2) is 0 Å². The maximum Gasteiger partial charge on any atom is 0.352 e. The summed E-state index contributed by atoms with van der Waals surface area (Å²) in [5.74, 6) is -1.44. The van der Waals surface area contributed by atoms with Gasteiger partial charge < -0.3 is 10.1 Å². The molecule has 2 N–H and O–H groups in total. The van der Waals surface area contributed by atoms with E-state index < -0.39 is 5.97 Å². The fourth-order valence-electron chi connectivity index (χ4n) is 2.20. The molecule has 19 heavy (non-hydrogen) atoms. The van der Waals surface area contributed by atoms with Crippen molar-refractivity contribution in [3.8, 4) is 11.3 Å². The van der Waals surface area contributed by atoms with Crippen molar-refractivity contribution in [1.29, 1.82) is 0 Å². The molecular weight excluding hydrogens is 245 g/mol. The number of rotatable bonds is 2. The van der Waals surface area contributed by atoms with Crippen molar-refractivity contribution in [2.75, 3.05) is 0 Å². The van der Waals surface area contributed by atoms with Crippen molar-refractivity contribution in [2.45, 2.75) is 0 Å². The molecule has 0 bridgehead atoms. The molecule has 3 rings (SSSR count). The first-order valence-electron chi connectivity index (χ1n) is 5.77. The summed E-state index contributed by atoms with van der Waals surface area (Å²) >= 11 is 0. The van der Waals surface area contributed by atoms with Crippen LogP contribution in [0.1, 0.15) is 10.5 Å². The molecule has 0 aliphatic rings. The lowest BCUT2D eigenvalue weighted by molar-refractivity contribution is 0.0693. The van der Waals surface area contributed by atoms with Gasteiger partial charge in [0, 0.05) is 10.8 Å². The second-order valence-corrected chi connectivity index (χ2v) is 4.24. The molecule has 0 fully saturated rings. The molecule has 0 saturated heterocycles. The number of aromatic amines is 1. The first-order chi connectivity index (χ1) is 9.16. The Labute approximate surface area is 108 Å². The summed E-state index contributed by atoms with van der Waals surface area (Å²) in [6.07, 6.45) is 0. The zero-order valence-electron chi connectivity index (χ0n) is 9.85. The number of H-pyrrole nitrogens is 1. The van der Waals surface area contributed by atoms with Gasteiger partial charge in [-0.15, -0.1) is 0 Å². The molecule has 0 radical (unpaired) electrons. The van der Waals surface area contributed by atoms with Gasteiger partial charge in [-0.3, -0.25) is 0 Å². The Balaban J connectivity index is 2.36. The fourth-order valence-corrected chi connectivity index (χ4v) is 2.20. The van der Waals surface area contributed by atoms with Crippen LogP contribution in [0.15, 0.2) is 48.5 Å². The second kappa shape index (κ2) is 4.24. The summed E-state index contributed by atoms with van der Waals surface area (Å²) in [5.41, 5.74) is 1.52. The lowest BCUT2D eigenvalue weighted by Gasteiger charge is -1.99. The number of carboxylic acid groups (broad SMARTS) is 1. The predicted octanol–water partition coefficient (Wildman–Crippen LogP) is 3.67. The molecule has 0 amide bonds. The fraction of sp³-hybridized carbons (Fsp3) is 0. The molecule has 0 saturated carbocycles. The highest BCUT2D eigenvalue weighted by atomic mass is 19.1. The minimum Gasteiger partial charge on any atom is -0.477 e. The van der Waals surface area contributed by atoms with Crippen molar-refractivity contribution in [3.63, 3.8) is 0 Å². The molecular formula is C15H10FNO2. The highest BCUT2D eigenvalue weighted by Gasteiger charge is 2.16. The van der Waals surface area contributed by atoms with E-state index in [0.717, 1.165) is 5.56 Å². The molecule has 1 aromatic heterocycles. The number of hydrogen-bond donors (Lipinski definition) is 2. The number of carbonyl (C=O) groups is 1. The average Bonchev–Trinajstić information content (AvgIpc) is 2.78. The number of fused-ring (bicyclic) bond motifs is 1. The topological polar surface area (TPSA) is 53.1 Å². The molecule has 0 unspecified atom stereocenters. The van der Waals surface area contributed by atoms with Gasteiger partial charge in [0.2, 0.25) is 0 Å². The van der Waals surface area contributed by atoms with E-state index in [1.807, 2.05) is 30.3 Å². The van der Waals surface area contributed by atoms with E-state index in [-0.39, 0.29) is 11.5 Å². The molecule has 0 aliphatic heterocycles. The molecule has 0 aliphatic carbocycles. The van der Waals surface area contributed by atoms with Gasteiger partial charge in [-0.2, -0.15) is 0 Å². The first-order valence-corrected chi connectivity index (χ1v) is 5.77. The van der Waals surface area contributed by atoms with Gasteiger partial charge in [-0.1, -0.05) is 30.3 Å². The average molecular weight is 255 g/mol. The standard InChI is InChI=1S/C15H10FNO2/c16-10-6-7-11-12(8-10)13(17-14(11)15(18)19)9-4-2-1-3-5-9/h1-8,17H,(H,18,19). The monoisotopic (exact) mass is 255 g/mol. The minimum absolute atomic E-state index is 0.0776. The Morgan fingerprint density at radius 3 is 2.47 bits per heavy atom. The normalized spacial score (nSPS) is 10.8. The van der Waals surface area contributed by atoms with Crippen LogP contribution in [0.3, 0.4) is 0 Å². The molecule has 1 heterocycles. The molecule has 3 nitrogen and oxygen atoms in total. The van der Waals surface area contributed by atoms with Gasteiger partial charge in [-0.05, 0) is 23.8 Å². The first kappa shape index (κ1) is 11.5. The summed E-state index contributed by atoms with van der Waals surface area (Å²) < 4.78 is 13.4. The van der Waals surface area contributed by atoms with Crippen molar-refractivity contribution in [1.82, 2.24) is 4.98 Å². The number of aromatic nitrogens is 1. The summed E-state index contributed by atoms with van der Waals surface area (Å²) in [7, 11) is 0. The second-order valence-electron chi connectivity index (χ2n) is 4.24.